The molecule has 0 bridgehead atoms. The van der Waals surface area contributed by atoms with E-state index < -0.39 is 11.9 Å². The van der Waals surface area contributed by atoms with E-state index >= 15 is 0 Å². The Morgan fingerprint density at radius 2 is 1.43 bits per heavy atom. The number of nitrogens with one attached hydrogen (secondary N) is 2. The van der Waals surface area contributed by atoms with Gasteiger partial charge in [0.25, 0.3) is 11.8 Å². The number of hydrogen-bond acceptors (Lipinski definition) is 3. The number of aryl methyl sites for hydroxylation is 2. The van der Waals surface area contributed by atoms with Crippen molar-refractivity contribution in [3.8, 4) is 0 Å². The van der Waals surface area contributed by atoms with Gasteiger partial charge in [-0.05, 0) is 72.0 Å². The molecule has 0 saturated carbocycles. The van der Waals surface area contributed by atoms with Gasteiger partial charge in [0.2, 0.25) is 0 Å². The van der Waals surface area contributed by atoms with Gasteiger partial charge in [0, 0.05) is 11.1 Å². The number of hydrogen-bond donors (Lipinski definition) is 3. The van der Waals surface area contributed by atoms with Gasteiger partial charge in [0.15, 0.2) is 0 Å². The lowest BCUT2D eigenvalue weighted by Gasteiger charge is -2.18. The summed E-state index contributed by atoms with van der Waals surface area (Å²) in [6.45, 7) is 5.40. The molecule has 0 aliphatic carbocycles. The summed E-state index contributed by atoms with van der Waals surface area (Å²) < 4.78 is 0. The summed E-state index contributed by atoms with van der Waals surface area (Å²) in [6, 6.07) is 26.0. The molecule has 1 atom stereocenters. The molecule has 0 radical (unpaired) electrons. The monoisotopic (exact) mass is 492 g/mol. The fourth-order valence-electron chi connectivity index (χ4n) is 4.49. The topological polar surface area (TPSA) is 95.5 Å². The molecule has 4 aromatic rings. The van der Waals surface area contributed by atoms with Crippen molar-refractivity contribution in [2.24, 2.45) is 0 Å². The first kappa shape index (κ1) is 25.4. The maximum absolute atomic E-state index is 13.1. The number of benzene rings is 4. The van der Waals surface area contributed by atoms with Gasteiger partial charge in [0.05, 0.1) is 6.04 Å². The Kier molecular flexibility index (Phi) is 7.49. The minimum atomic E-state index is -1.24. The van der Waals surface area contributed by atoms with Crippen molar-refractivity contribution < 1.29 is 19.5 Å². The highest BCUT2D eigenvalue weighted by Crippen LogP contribution is 2.25. The van der Waals surface area contributed by atoms with E-state index in [2.05, 4.69) is 10.6 Å². The zero-order valence-corrected chi connectivity index (χ0v) is 20.9. The average Bonchev–Trinajstić information content (AvgIpc) is 2.88. The quantitative estimate of drug-likeness (QED) is 0.284. The van der Waals surface area contributed by atoms with Gasteiger partial charge in [0.1, 0.15) is 5.70 Å². The van der Waals surface area contributed by atoms with Crippen LogP contribution in [0.1, 0.15) is 55.9 Å². The number of amides is 2. The highest BCUT2D eigenvalue weighted by molar-refractivity contribution is 6.05. The Hall–Kier alpha value is -4.71. The molecule has 2 amide bonds. The molecule has 0 spiro atoms. The number of rotatable bonds is 7. The molecule has 6 nitrogen and oxygen atoms in total. The van der Waals surface area contributed by atoms with Crippen LogP contribution in [0.5, 0.6) is 0 Å². The van der Waals surface area contributed by atoms with Crippen LogP contribution < -0.4 is 10.6 Å². The first-order valence-corrected chi connectivity index (χ1v) is 12.0. The molecule has 0 fully saturated rings. The highest BCUT2D eigenvalue weighted by Gasteiger charge is 2.20. The van der Waals surface area contributed by atoms with Crippen LogP contribution in [0, 0.1) is 13.8 Å². The molecule has 4 aromatic carbocycles. The van der Waals surface area contributed by atoms with Crippen LogP contribution in [0.3, 0.4) is 0 Å². The van der Waals surface area contributed by atoms with Crippen LogP contribution in [0.25, 0.3) is 16.8 Å². The zero-order valence-electron chi connectivity index (χ0n) is 20.9. The Morgan fingerprint density at radius 1 is 0.811 bits per heavy atom. The van der Waals surface area contributed by atoms with Crippen molar-refractivity contribution in [1.29, 1.82) is 0 Å². The summed E-state index contributed by atoms with van der Waals surface area (Å²) in [5.41, 5.74) is 3.34. The van der Waals surface area contributed by atoms with Crippen LogP contribution in [0.2, 0.25) is 0 Å². The van der Waals surface area contributed by atoms with E-state index in [-0.39, 0.29) is 17.6 Å². The summed E-state index contributed by atoms with van der Waals surface area (Å²) in [5, 5.41) is 17.3. The van der Waals surface area contributed by atoms with Crippen molar-refractivity contribution in [1.82, 2.24) is 10.6 Å². The lowest BCUT2D eigenvalue weighted by molar-refractivity contribution is -0.132. The normalized spacial score (nSPS) is 12.1. The fraction of sp³-hybridized carbons (Fsp3) is 0.129. The smallest absolute Gasteiger partial charge is 0.352 e. The molecule has 0 aliphatic heterocycles. The standard InChI is InChI=1S/C31H28N2O4/c1-19-16-24(29(34)32-21(3)25-15-9-13-23-12-7-8-14-26(23)25)17-20(2)28(19)30(35)33-27(31(36)37)18-22-10-5-4-6-11-22/h4-18,21H,1-3H3,(H,32,34)(H,33,35)(H,36,37). The second kappa shape index (κ2) is 10.9. The van der Waals surface area contributed by atoms with Crippen molar-refractivity contribution in [2.75, 3.05) is 0 Å². The van der Waals surface area contributed by atoms with Crippen LogP contribution in [0.15, 0.2) is 90.6 Å². The molecule has 6 heteroatoms. The predicted molar refractivity (Wildman–Crippen MR) is 145 cm³/mol. The second-order valence-electron chi connectivity index (χ2n) is 8.98. The van der Waals surface area contributed by atoms with Gasteiger partial charge in [-0.25, -0.2) is 4.79 Å². The number of carbonyl (C=O) groups excluding carboxylic acids is 2. The predicted octanol–water partition coefficient (Wildman–Crippen LogP) is 5.80. The summed E-state index contributed by atoms with van der Waals surface area (Å²) in [4.78, 5) is 37.9. The SMILES string of the molecule is Cc1cc(C(=O)NC(C)c2cccc3ccccc23)cc(C)c1C(=O)NC(=Cc1ccccc1)C(=O)O. The van der Waals surface area contributed by atoms with Gasteiger partial charge >= 0.3 is 5.97 Å². The summed E-state index contributed by atoms with van der Waals surface area (Å²) in [5.74, 6) is -2.05. The Bertz CT molecular complexity index is 1490. The highest BCUT2D eigenvalue weighted by atomic mass is 16.4. The van der Waals surface area contributed by atoms with Crippen molar-refractivity contribution >= 4 is 34.6 Å². The molecule has 1 unspecified atom stereocenters. The average molecular weight is 493 g/mol. The number of aliphatic carboxylic acids is 1. The Labute approximate surface area is 215 Å². The van der Waals surface area contributed by atoms with E-state index in [9.17, 15) is 19.5 Å². The number of carboxylic acids is 1. The molecular weight excluding hydrogens is 464 g/mol. The van der Waals surface area contributed by atoms with E-state index in [0.717, 1.165) is 16.3 Å². The van der Waals surface area contributed by atoms with Gasteiger partial charge in [-0.3, -0.25) is 9.59 Å². The summed E-state index contributed by atoms with van der Waals surface area (Å²) >= 11 is 0. The summed E-state index contributed by atoms with van der Waals surface area (Å²) in [6.07, 6.45) is 1.40. The molecule has 0 aliphatic rings. The molecule has 0 saturated heterocycles. The fourth-order valence-corrected chi connectivity index (χ4v) is 4.49. The Morgan fingerprint density at radius 3 is 2.11 bits per heavy atom. The maximum Gasteiger partial charge on any atom is 0.352 e. The molecule has 37 heavy (non-hydrogen) atoms. The van der Waals surface area contributed by atoms with E-state index in [1.165, 1.54) is 6.08 Å². The maximum atomic E-state index is 13.1. The third kappa shape index (κ3) is 5.76. The first-order valence-electron chi connectivity index (χ1n) is 12.0. The molecule has 0 heterocycles. The van der Waals surface area contributed by atoms with Gasteiger partial charge in [-0.2, -0.15) is 0 Å². The third-order valence-corrected chi connectivity index (χ3v) is 6.25. The molecule has 0 aromatic heterocycles. The van der Waals surface area contributed by atoms with E-state index in [1.54, 1.807) is 50.2 Å². The van der Waals surface area contributed by atoms with Crippen molar-refractivity contribution in [3.05, 3.63) is 124 Å². The first-order chi connectivity index (χ1) is 17.7. The number of carbonyl (C=O) groups is 3. The minimum absolute atomic E-state index is 0.233. The van der Waals surface area contributed by atoms with Crippen LogP contribution in [-0.2, 0) is 4.79 Å². The number of carboxylic acid groups (broad SMARTS) is 1. The zero-order chi connectivity index (χ0) is 26.5. The molecule has 4 rings (SSSR count). The largest absolute Gasteiger partial charge is 0.477 e. The second-order valence-corrected chi connectivity index (χ2v) is 8.98. The lowest BCUT2D eigenvalue weighted by Crippen LogP contribution is -2.29. The van der Waals surface area contributed by atoms with Gasteiger partial charge in [-0.15, -0.1) is 0 Å². The summed E-state index contributed by atoms with van der Waals surface area (Å²) in [7, 11) is 0. The van der Waals surface area contributed by atoms with Crippen LogP contribution in [0.4, 0.5) is 0 Å². The minimum Gasteiger partial charge on any atom is -0.477 e. The van der Waals surface area contributed by atoms with Crippen molar-refractivity contribution in [3.63, 3.8) is 0 Å². The number of fused-ring (bicyclic) bond motifs is 1. The van der Waals surface area contributed by atoms with Crippen LogP contribution in [-0.4, -0.2) is 22.9 Å². The van der Waals surface area contributed by atoms with E-state index in [1.807, 2.05) is 55.5 Å². The van der Waals surface area contributed by atoms with E-state index in [4.69, 9.17) is 0 Å². The lowest BCUT2D eigenvalue weighted by atomic mass is 9.97. The van der Waals surface area contributed by atoms with E-state index in [0.29, 0.717) is 27.8 Å². The molecule has 3 N–H and O–H groups in total. The Balaban J connectivity index is 1.54. The third-order valence-electron chi connectivity index (χ3n) is 6.25. The molecule has 186 valence electrons. The van der Waals surface area contributed by atoms with Gasteiger partial charge < -0.3 is 15.7 Å². The van der Waals surface area contributed by atoms with Gasteiger partial charge in [-0.1, -0.05) is 72.8 Å². The van der Waals surface area contributed by atoms with Crippen LogP contribution >= 0.6 is 0 Å². The molecular formula is C31H28N2O4. The van der Waals surface area contributed by atoms with Crippen molar-refractivity contribution in [2.45, 2.75) is 26.8 Å².